The first kappa shape index (κ1) is 8.10. The third-order valence-electron chi connectivity index (χ3n) is 2.28. The Labute approximate surface area is 77.0 Å². The van der Waals surface area contributed by atoms with Crippen LogP contribution in [0, 0.1) is 13.8 Å². The van der Waals surface area contributed by atoms with E-state index in [9.17, 15) is 0 Å². The van der Waals surface area contributed by atoms with Gasteiger partial charge >= 0.3 is 0 Å². The molecule has 3 nitrogen and oxygen atoms in total. The molecule has 0 saturated carbocycles. The Hall–Kier alpha value is -1.51. The fourth-order valence-corrected chi connectivity index (χ4v) is 1.55. The van der Waals surface area contributed by atoms with Crippen molar-refractivity contribution in [3.63, 3.8) is 0 Å². The van der Waals surface area contributed by atoms with Crippen LogP contribution in [0.4, 0.5) is 0 Å². The van der Waals surface area contributed by atoms with Crippen molar-refractivity contribution in [2.24, 2.45) is 7.05 Å². The first-order valence-electron chi connectivity index (χ1n) is 4.24. The van der Waals surface area contributed by atoms with Gasteiger partial charge in [0.15, 0.2) is 0 Å². The number of rotatable bonds is 1. The fraction of sp³-hybridized carbons (Fsp3) is 0.300. The van der Waals surface area contributed by atoms with E-state index in [0.717, 1.165) is 22.7 Å². The topological polar surface area (TPSA) is 31.0 Å². The van der Waals surface area contributed by atoms with E-state index in [-0.39, 0.29) is 0 Å². The summed E-state index contributed by atoms with van der Waals surface area (Å²) >= 11 is 0. The molecule has 0 aliphatic carbocycles. The standard InChI is InChI=1S/C10H12N2O/c1-7-10(8(2)12(3)11-7)9-5-4-6-13-9/h4-6H,1-3H3. The molecule has 13 heavy (non-hydrogen) atoms. The van der Waals surface area contributed by atoms with Gasteiger partial charge in [-0.05, 0) is 26.0 Å². The minimum absolute atomic E-state index is 0.892. The highest BCUT2D eigenvalue weighted by Gasteiger charge is 2.12. The van der Waals surface area contributed by atoms with Crippen molar-refractivity contribution in [1.29, 1.82) is 0 Å². The normalized spacial score (nSPS) is 10.7. The highest BCUT2D eigenvalue weighted by molar-refractivity contribution is 5.62. The lowest BCUT2D eigenvalue weighted by atomic mass is 10.1. The monoisotopic (exact) mass is 176 g/mol. The molecule has 2 aromatic rings. The molecule has 0 aliphatic rings. The Morgan fingerprint density at radius 2 is 2.15 bits per heavy atom. The van der Waals surface area contributed by atoms with Crippen LogP contribution >= 0.6 is 0 Å². The van der Waals surface area contributed by atoms with E-state index in [1.165, 1.54) is 0 Å². The number of furan rings is 1. The van der Waals surface area contributed by atoms with Crippen molar-refractivity contribution >= 4 is 0 Å². The zero-order chi connectivity index (χ0) is 9.42. The molecule has 0 N–H and O–H groups in total. The molecule has 0 saturated heterocycles. The number of hydrogen-bond donors (Lipinski definition) is 0. The maximum atomic E-state index is 5.34. The third kappa shape index (κ3) is 1.16. The molecule has 0 fully saturated rings. The zero-order valence-electron chi connectivity index (χ0n) is 8.03. The third-order valence-corrected chi connectivity index (χ3v) is 2.28. The van der Waals surface area contributed by atoms with Crippen molar-refractivity contribution in [3.05, 3.63) is 29.8 Å². The van der Waals surface area contributed by atoms with Gasteiger partial charge in [-0.2, -0.15) is 5.10 Å². The predicted molar refractivity (Wildman–Crippen MR) is 50.4 cm³/mol. The molecule has 3 heteroatoms. The Balaban J connectivity index is 2.64. The van der Waals surface area contributed by atoms with Gasteiger partial charge in [0.1, 0.15) is 5.76 Å². The Morgan fingerprint density at radius 3 is 2.62 bits per heavy atom. The summed E-state index contributed by atoms with van der Waals surface area (Å²) in [6, 6.07) is 3.85. The van der Waals surface area contributed by atoms with Crippen molar-refractivity contribution in [2.75, 3.05) is 0 Å². The first-order chi connectivity index (χ1) is 6.20. The molecule has 0 bridgehead atoms. The van der Waals surface area contributed by atoms with E-state index in [2.05, 4.69) is 5.10 Å². The van der Waals surface area contributed by atoms with Gasteiger partial charge < -0.3 is 4.42 Å². The Morgan fingerprint density at radius 1 is 1.38 bits per heavy atom. The molecule has 0 radical (unpaired) electrons. The minimum atomic E-state index is 0.892. The molecule has 2 heterocycles. The summed E-state index contributed by atoms with van der Waals surface area (Å²) in [5.74, 6) is 0.892. The maximum absolute atomic E-state index is 5.34. The average Bonchev–Trinajstić information content (AvgIpc) is 2.63. The number of aromatic nitrogens is 2. The van der Waals surface area contributed by atoms with Crippen LogP contribution < -0.4 is 0 Å². The van der Waals surface area contributed by atoms with E-state index >= 15 is 0 Å². The van der Waals surface area contributed by atoms with Crippen LogP contribution in [0.25, 0.3) is 11.3 Å². The van der Waals surface area contributed by atoms with E-state index in [0.29, 0.717) is 0 Å². The molecule has 0 aromatic carbocycles. The van der Waals surface area contributed by atoms with Gasteiger partial charge in [-0.1, -0.05) is 0 Å². The number of aryl methyl sites for hydroxylation is 2. The van der Waals surface area contributed by atoms with Crippen molar-refractivity contribution in [2.45, 2.75) is 13.8 Å². The summed E-state index contributed by atoms with van der Waals surface area (Å²) in [7, 11) is 1.94. The molecular formula is C10H12N2O. The van der Waals surface area contributed by atoms with Crippen LogP contribution in [0.15, 0.2) is 22.8 Å². The second kappa shape index (κ2) is 2.76. The van der Waals surface area contributed by atoms with Gasteiger partial charge in [0.2, 0.25) is 0 Å². The number of hydrogen-bond acceptors (Lipinski definition) is 2. The summed E-state index contributed by atoms with van der Waals surface area (Å²) in [6.45, 7) is 4.03. The predicted octanol–water partition coefficient (Wildman–Crippen LogP) is 2.30. The van der Waals surface area contributed by atoms with Crippen LogP contribution in [-0.2, 0) is 7.05 Å². The summed E-state index contributed by atoms with van der Waals surface area (Å²) in [5, 5.41) is 4.32. The SMILES string of the molecule is Cc1nn(C)c(C)c1-c1ccco1. The van der Waals surface area contributed by atoms with Gasteiger partial charge in [0.05, 0.1) is 17.5 Å². The van der Waals surface area contributed by atoms with Crippen LogP contribution in [0.3, 0.4) is 0 Å². The first-order valence-corrected chi connectivity index (χ1v) is 4.24. The van der Waals surface area contributed by atoms with E-state index in [1.807, 2.05) is 37.7 Å². The Kier molecular flexibility index (Phi) is 1.72. The molecule has 0 amide bonds. The van der Waals surface area contributed by atoms with Crippen molar-refractivity contribution in [1.82, 2.24) is 9.78 Å². The molecule has 2 aromatic heterocycles. The van der Waals surface area contributed by atoms with Crippen LogP contribution in [0.1, 0.15) is 11.4 Å². The fourth-order valence-electron chi connectivity index (χ4n) is 1.55. The molecule has 0 unspecified atom stereocenters. The largest absolute Gasteiger partial charge is 0.464 e. The van der Waals surface area contributed by atoms with E-state index in [4.69, 9.17) is 4.42 Å². The van der Waals surface area contributed by atoms with Gasteiger partial charge in [-0.25, -0.2) is 0 Å². The highest BCUT2D eigenvalue weighted by atomic mass is 16.3. The summed E-state index contributed by atoms with van der Waals surface area (Å²) < 4.78 is 7.21. The molecular weight excluding hydrogens is 164 g/mol. The Bertz CT molecular complexity index is 412. The summed E-state index contributed by atoms with van der Waals surface area (Å²) in [5.41, 5.74) is 3.25. The van der Waals surface area contributed by atoms with Crippen LogP contribution in [-0.4, -0.2) is 9.78 Å². The molecule has 2 rings (SSSR count). The average molecular weight is 176 g/mol. The van der Waals surface area contributed by atoms with Gasteiger partial charge in [-0.3, -0.25) is 4.68 Å². The van der Waals surface area contributed by atoms with Gasteiger partial charge in [0, 0.05) is 12.7 Å². The van der Waals surface area contributed by atoms with Gasteiger partial charge in [-0.15, -0.1) is 0 Å². The second-order valence-corrected chi connectivity index (χ2v) is 3.15. The minimum Gasteiger partial charge on any atom is -0.464 e. The smallest absolute Gasteiger partial charge is 0.137 e. The van der Waals surface area contributed by atoms with Crippen LogP contribution in [0.5, 0.6) is 0 Å². The molecule has 0 atom stereocenters. The maximum Gasteiger partial charge on any atom is 0.137 e. The molecule has 68 valence electrons. The molecule has 0 aliphatic heterocycles. The van der Waals surface area contributed by atoms with Crippen molar-refractivity contribution < 1.29 is 4.42 Å². The van der Waals surface area contributed by atoms with Crippen LogP contribution in [0.2, 0.25) is 0 Å². The molecule has 0 spiro atoms. The van der Waals surface area contributed by atoms with Crippen molar-refractivity contribution in [3.8, 4) is 11.3 Å². The lowest BCUT2D eigenvalue weighted by Crippen LogP contribution is -1.92. The zero-order valence-corrected chi connectivity index (χ0v) is 8.03. The summed E-state index contributed by atoms with van der Waals surface area (Å²) in [4.78, 5) is 0. The van der Waals surface area contributed by atoms with E-state index in [1.54, 1.807) is 6.26 Å². The lowest BCUT2D eigenvalue weighted by molar-refractivity contribution is 0.581. The lowest BCUT2D eigenvalue weighted by Gasteiger charge is -1.96. The van der Waals surface area contributed by atoms with E-state index < -0.39 is 0 Å². The quantitative estimate of drug-likeness (QED) is 0.667. The highest BCUT2D eigenvalue weighted by Crippen LogP contribution is 2.26. The van der Waals surface area contributed by atoms with Gasteiger partial charge in [0.25, 0.3) is 0 Å². The summed E-state index contributed by atoms with van der Waals surface area (Å²) in [6.07, 6.45) is 1.68. The number of nitrogens with zero attached hydrogens (tertiary/aromatic N) is 2. The second-order valence-electron chi connectivity index (χ2n) is 3.15.